The molecule has 1 N–H and O–H groups in total. The van der Waals surface area contributed by atoms with E-state index in [0.717, 1.165) is 17.5 Å². The molecular weight excluding hydrogens is 526 g/mol. The van der Waals surface area contributed by atoms with Crippen LogP contribution >= 0.6 is 0 Å². The summed E-state index contributed by atoms with van der Waals surface area (Å²) in [5.74, 6) is 4.70. The monoisotopic (exact) mass is 567 g/mol. The number of aryl methyl sites for hydroxylation is 4. The fourth-order valence-electron chi connectivity index (χ4n) is 4.82. The summed E-state index contributed by atoms with van der Waals surface area (Å²) in [6, 6.07) is 22.8. The fraction of sp³-hybridized carbons (Fsp3) is 0.361. The number of hydrogen-bond donors (Lipinski definition) is 1. The zero-order chi connectivity index (χ0) is 30.7. The van der Waals surface area contributed by atoms with Crippen molar-refractivity contribution in [3.63, 3.8) is 0 Å². The molecule has 42 heavy (non-hydrogen) atoms. The Bertz CT molecular complexity index is 1440. The summed E-state index contributed by atoms with van der Waals surface area (Å²) >= 11 is 0. The summed E-state index contributed by atoms with van der Waals surface area (Å²) in [4.78, 5) is 37.8. The van der Waals surface area contributed by atoms with Gasteiger partial charge in [-0.15, -0.1) is 0 Å². The Labute approximate surface area is 249 Å². The molecule has 6 heteroatoms. The van der Waals surface area contributed by atoms with E-state index in [2.05, 4.69) is 80.4 Å². The predicted molar refractivity (Wildman–Crippen MR) is 165 cm³/mol. The van der Waals surface area contributed by atoms with E-state index in [0.29, 0.717) is 6.42 Å². The van der Waals surface area contributed by atoms with Gasteiger partial charge in [-0.25, -0.2) is 9.59 Å². The van der Waals surface area contributed by atoms with Gasteiger partial charge in [0.05, 0.1) is 13.2 Å². The lowest BCUT2D eigenvalue weighted by Crippen LogP contribution is -2.61. The van der Waals surface area contributed by atoms with E-state index in [-0.39, 0.29) is 25.6 Å². The van der Waals surface area contributed by atoms with E-state index in [4.69, 9.17) is 9.47 Å². The third-order valence-electron chi connectivity index (χ3n) is 7.23. The summed E-state index contributed by atoms with van der Waals surface area (Å²) in [5.41, 5.74) is 6.01. The normalized spacial score (nSPS) is 11.6. The first-order valence-electron chi connectivity index (χ1n) is 14.4. The van der Waals surface area contributed by atoms with Gasteiger partial charge in [-0.2, -0.15) is 0 Å². The maximum Gasteiger partial charge on any atom is 0.343 e. The van der Waals surface area contributed by atoms with E-state index in [1.165, 1.54) is 34.7 Å². The zero-order valence-electron chi connectivity index (χ0n) is 25.5. The molecule has 0 bridgehead atoms. The summed E-state index contributed by atoms with van der Waals surface area (Å²) in [6.45, 7) is 11.0. The lowest BCUT2D eigenvalue weighted by Gasteiger charge is -2.29. The molecule has 1 unspecified atom stereocenters. The molecule has 3 rings (SSSR count). The first-order valence-corrected chi connectivity index (χ1v) is 14.4. The minimum absolute atomic E-state index is 0.000666. The smallest absolute Gasteiger partial charge is 0.343 e. The van der Waals surface area contributed by atoms with Crippen LogP contribution in [0, 0.1) is 32.6 Å². The molecular formula is C36H41NO5. The number of ether oxygens (including phenoxy) is 2. The molecule has 0 aliphatic heterocycles. The molecule has 0 aliphatic rings. The zero-order valence-corrected chi connectivity index (χ0v) is 25.5. The van der Waals surface area contributed by atoms with Crippen molar-refractivity contribution in [2.24, 2.45) is 0 Å². The van der Waals surface area contributed by atoms with Gasteiger partial charge in [0.15, 0.2) is 0 Å². The fourth-order valence-corrected chi connectivity index (χ4v) is 4.82. The Morgan fingerprint density at radius 2 is 1.48 bits per heavy atom. The highest BCUT2D eigenvalue weighted by Gasteiger charge is 2.49. The standard InChI is InChI=1S/C36H41NO5/c1-7-41-34(39)36(37-28(6)38,35(40)42-8-2)21-20-30-16-14-29(15-17-30)18-19-33(32-11-9-10-25(3)22-32)24-31-13-12-26(4)27(5)23-31/h9-17,22-23,33H,7-8,20-21,24H2,1-6H3,(H,37,38). The quantitative estimate of drug-likeness (QED) is 0.177. The number of benzene rings is 3. The summed E-state index contributed by atoms with van der Waals surface area (Å²) in [5, 5.41) is 2.51. The van der Waals surface area contributed by atoms with Crippen molar-refractivity contribution in [1.82, 2.24) is 5.32 Å². The maximum atomic E-state index is 12.9. The molecule has 0 radical (unpaired) electrons. The number of nitrogens with one attached hydrogen (secondary N) is 1. The van der Waals surface area contributed by atoms with Gasteiger partial charge in [-0.3, -0.25) is 4.79 Å². The lowest BCUT2D eigenvalue weighted by atomic mass is 9.90. The molecule has 0 fully saturated rings. The second-order valence-electron chi connectivity index (χ2n) is 10.6. The molecule has 1 atom stereocenters. The van der Waals surface area contributed by atoms with Gasteiger partial charge < -0.3 is 14.8 Å². The van der Waals surface area contributed by atoms with Crippen molar-refractivity contribution in [3.05, 3.63) is 106 Å². The molecule has 0 aromatic heterocycles. The molecule has 220 valence electrons. The average Bonchev–Trinajstić information content (AvgIpc) is 2.95. The van der Waals surface area contributed by atoms with Crippen LogP contribution in [0.2, 0.25) is 0 Å². The highest BCUT2D eigenvalue weighted by atomic mass is 16.6. The van der Waals surface area contributed by atoms with Crippen LogP contribution in [-0.4, -0.2) is 36.6 Å². The van der Waals surface area contributed by atoms with Crippen molar-refractivity contribution >= 4 is 17.8 Å². The van der Waals surface area contributed by atoms with Gasteiger partial charge >= 0.3 is 11.9 Å². The van der Waals surface area contributed by atoms with E-state index >= 15 is 0 Å². The van der Waals surface area contributed by atoms with Crippen molar-refractivity contribution in [3.8, 4) is 11.8 Å². The molecule has 3 aromatic carbocycles. The second kappa shape index (κ2) is 15.0. The molecule has 0 saturated heterocycles. The molecule has 3 aromatic rings. The van der Waals surface area contributed by atoms with Gasteiger partial charge in [0.1, 0.15) is 0 Å². The van der Waals surface area contributed by atoms with Crippen LogP contribution in [0.1, 0.15) is 72.1 Å². The van der Waals surface area contributed by atoms with Crippen molar-refractivity contribution in [2.75, 3.05) is 13.2 Å². The summed E-state index contributed by atoms with van der Waals surface area (Å²) < 4.78 is 10.3. The Morgan fingerprint density at radius 1 is 0.833 bits per heavy atom. The van der Waals surface area contributed by atoms with Gasteiger partial charge in [-0.1, -0.05) is 72.0 Å². The Morgan fingerprint density at radius 3 is 2.05 bits per heavy atom. The molecule has 0 aliphatic carbocycles. The van der Waals surface area contributed by atoms with Crippen LogP contribution in [0.4, 0.5) is 0 Å². The highest BCUT2D eigenvalue weighted by Crippen LogP contribution is 2.24. The second-order valence-corrected chi connectivity index (χ2v) is 10.6. The Hall–Kier alpha value is -4.37. The van der Waals surface area contributed by atoms with E-state index in [1.807, 2.05) is 24.3 Å². The number of esters is 2. The van der Waals surface area contributed by atoms with Crippen LogP contribution in [0.3, 0.4) is 0 Å². The predicted octanol–water partition coefficient (Wildman–Crippen LogP) is 5.92. The molecule has 6 nitrogen and oxygen atoms in total. The van der Waals surface area contributed by atoms with Gasteiger partial charge in [0.2, 0.25) is 11.4 Å². The van der Waals surface area contributed by atoms with Gasteiger partial charge in [0, 0.05) is 18.4 Å². The molecule has 0 saturated carbocycles. The van der Waals surface area contributed by atoms with E-state index < -0.39 is 23.4 Å². The van der Waals surface area contributed by atoms with Crippen LogP contribution < -0.4 is 5.32 Å². The van der Waals surface area contributed by atoms with E-state index in [9.17, 15) is 14.4 Å². The molecule has 0 spiro atoms. The van der Waals surface area contributed by atoms with E-state index in [1.54, 1.807) is 13.8 Å². The number of carbonyl (C=O) groups is 3. The number of carbonyl (C=O) groups excluding carboxylic acids is 3. The first-order chi connectivity index (χ1) is 20.1. The van der Waals surface area contributed by atoms with Crippen molar-refractivity contribution in [1.29, 1.82) is 0 Å². The van der Waals surface area contributed by atoms with Crippen LogP contribution in [0.25, 0.3) is 0 Å². The largest absolute Gasteiger partial charge is 0.464 e. The molecule has 0 heterocycles. The lowest BCUT2D eigenvalue weighted by molar-refractivity contribution is -0.168. The molecule has 1 amide bonds. The Kier molecular flexibility index (Phi) is 11.5. The summed E-state index contributed by atoms with van der Waals surface area (Å²) in [6.07, 6.45) is 1.15. The van der Waals surface area contributed by atoms with Crippen LogP contribution in [-0.2, 0) is 36.7 Å². The summed E-state index contributed by atoms with van der Waals surface area (Å²) in [7, 11) is 0. The minimum atomic E-state index is -1.91. The van der Waals surface area contributed by atoms with Gasteiger partial charge in [-0.05, 0) is 93.8 Å². The number of hydrogen-bond acceptors (Lipinski definition) is 5. The maximum absolute atomic E-state index is 12.9. The first kappa shape index (κ1) is 32.1. The average molecular weight is 568 g/mol. The minimum Gasteiger partial charge on any atom is -0.464 e. The number of amides is 1. The van der Waals surface area contributed by atoms with Gasteiger partial charge in [0.25, 0.3) is 0 Å². The topological polar surface area (TPSA) is 81.7 Å². The SMILES string of the molecule is CCOC(=O)C(CCc1ccc(C#CC(Cc2ccc(C)c(C)c2)c2cccc(C)c2)cc1)(NC(C)=O)C(=O)OCC. The number of rotatable bonds is 11. The van der Waals surface area contributed by atoms with Crippen LogP contribution in [0.15, 0.2) is 66.7 Å². The third-order valence-corrected chi connectivity index (χ3v) is 7.23. The van der Waals surface area contributed by atoms with Crippen LogP contribution in [0.5, 0.6) is 0 Å². The van der Waals surface area contributed by atoms with Crippen molar-refractivity contribution < 1.29 is 23.9 Å². The van der Waals surface area contributed by atoms with Crippen molar-refractivity contribution in [2.45, 2.75) is 72.3 Å². The highest BCUT2D eigenvalue weighted by molar-refractivity contribution is 6.07. The third kappa shape index (κ3) is 8.57. The Balaban J connectivity index is 1.83.